The Morgan fingerprint density at radius 3 is 2.55 bits per heavy atom. The molecule has 0 bridgehead atoms. The fraction of sp³-hybridized carbons (Fsp3) is 0.0500. The third-order valence-electron chi connectivity index (χ3n) is 4.12. The van der Waals surface area contributed by atoms with Crippen molar-refractivity contribution < 1.29 is 13.2 Å². The van der Waals surface area contributed by atoms with E-state index in [1.807, 2.05) is 42.5 Å². The predicted octanol–water partition coefficient (Wildman–Crippen LogP) is 4.23. The minimum Gasteiger partial charge on any atom is -0.323 e. The van der Waals surface area contributed by atoms with Gasteiger partial charge >= 0.3 is 0 Å². The van der Waals surface area contributed by atoms with Gasteiger partial charge in [0.05, 0.1) is 17.6 Å². The van der Waals surface area contributed by atoms with Gasteiger partial charge in [-0.25, -0.2) is 18.4 Å². The van der Waals surface area contributed by atoms with Crippen molar-refractivity contribution in [2.45, 2.75) is 0 Å². The molecule has 2 aromatic carbocycles. The van der Waals surface area contributed by atoms with Gasteiger partial charge in [-0.1, -0.05) is 54.1 Å². The molecule has 0 saturated heterocycles. The quantitative estimate of drug-likeness (QED) is 0.371. The summed E-state index contributed by atoms with van der Waals surface area (Å²) in [4.78, 5) is 23.4. The summed E-state index contributed by atoms with van der Waals surface area (Å²) in [5.41, 5.74) is 3.00. The minimum absolute atomic E-state index is 0.0333. The summed E-state index contributed by atoms with van der Waals surface area (Å²) in [6.45, 7) is 0. The van der Waals surface area contributed by atoms with Crippen LogP contribution in [0.5, 0.6) is 0 Å². The van der Waals surface area contributed by atoms with Gasteiger partial charge in [0.1, 0.15) is 5.75 Å². The first kappa shape index (κ1) is 21.0. The van der Waals surface area contributed by atoms with E-state index in [9.17, 15) is 13.2 Å². The molecule has 4 aromatic rings. The SMILES string of the molecule is O=C(CS(=O)(=O)Nc1ncc(-c2ccccc2)[nH]1)Nc1nc(-c2ccc(Cl)cc2)cs1. The Morgan fingerprint density at radius 1 is 1.06 bits per heavy atom. The summed E-state index contributed by atoms with van der Waals surface area (Å²) >= 11 is 7.08. The van der Waals surface area contributed by atoms with Gasteiger partial charge in [0, 0.05) is 16.0 Å². The average molecular weight is 474 g/mol. The number of benzene rings is 2. The van der Waals surface area contributed by atoms with Crippen LogP contribution in [0.2, 0.25) is 5.02 Å². The van der Waals surface area contributed by atoms with Crippen LogP contribution in [0, 0.1) is 0 Å². The maximum atomic E-state index is 12.3. The lowest BCUT2D eigenvalue weighted by atomic mass is 10.2. The van der Waals surface area contributed by atoms with Gasteiger partial charge in [-0.2, -0.15) is 0 Å². The van der Waals surface area contributed by atoms with Crippen LogP contribution in [0.1, 0.15) is 0 Å². The van der Waals surface area contributed by atoms with Crippen molar-refractivity contribution in [1.29, 1.82) is 0 Å². The van der Waals surface area contributed by atoms with Gasteiger partial charge in [-0.15, -0.1) is 11.3 Å². The number of hydrogen-bond acceptors (Lipinski definition) is 6. The molecule has 0 aliphatic rings. The van der Waals surface area contributed by atoms with Crippen molar-refractivity contribution in [3.8, 4) is 22.5 Å². The number of anilines is 2. The van der Waals surface area contributed by atoms with E-state index in [0.717, 1.165) is 11.1 Å². The van der Waals surface area contributed by atoms with Crippen molar-refractivity contribution in [2.75, 3.05) is 15.8 Å². The van der Waals surface area contributed by atoms with E-state index in [1.165, 1.54) is 17.5 Å². The fourth-order valence-corrected chi connectivity index (χ4v) is 4.48. The zero-order valence-electron chi connectivity index (χ0n) is 15.9. The Hall–Kier alpha value is -3.21. The van der Waals surface area contributed by atoms with Crippen LogP contribution in [-0.2, 0) is 14.8 Å². The Kier molecular flexibility index (Phi) is 6.03. The number of H-pyrrole nitrogens is 1. The number of amides is 1. The molecular formula is C20H16ClN5O3S2. The zero-order chi connectivity index (χ0) is 21.8. The van der Waals surface area contributed by atoms with E-state index in [-0.39, 0.29) is 5.95 Å². The van der Waals surface area contributed by atoms with E-state index < -0.39 is 21.7 Å². The van der Waals surface area contributed by atoms with Crippen LogP contribution in [0.4, 0.5) is 11.1 Å². The molecule has 0 radical (unpaired) electrons. The molecule has 0 atom stereocenters. The van der Waals surface area contributed by atoms with E-state index in [0.29, 0.717) is 21.5 Å². The number of nitrogens with zero attached hydrogens (tertiary/aromatic N) is 2. The first-order valence-corrected chi connectivity index (χ1v) is 11.9. The van der Waals surface area contributed by atoms with E-state index in [2.05, 4.69) is 25.0 Å². The van der Waals surface area contributed by atoms with E-state index in [1.54, 1.807) is 17.5 Å². The Morgan fingerprint density at radius 2 is 1.81 bits per heavy atom. The number of thiazole rings is 1. The smallest absolute Gasteiger partial charge is 0.244 e. The Balaban J connectivity index is 1.37. The van der Waals surface area contributed by atoms with Gasteiger partial charge in [-0.05, 0) is 17.7 Å². The molecule has 11 heteroatoms. The van der Waals surface area contributed by atoms with Crippen molar-refractivity contribution in [3.05, 3.63) is 71.2 Å². The largest absolute Gasteiger partial charge is 0.323 e. The second-order valence-electron chi connectivity index (χ2n) is 6.47. The van der Waals surface area contributed by atoms with Crippen LogP contribution >= 0.6 is 22.9 Å². The van der Waals surface area contributed by atoms with Crippen LogP contribution in [0.15, 0.2) is 66.2 Å². The molecule has 8 nitrogen and oxygen atoms in total. The third-order valence-corrected chi connectivity index (χ3v) is 6.28. The highest BCUT2D eigenvalue weighted by atomic mass is 35.5. The van der Waals surface area contributed by atoms with Crippen LogP contribution in [0.3, 0.4) is 0 Å². The first-order chi connectivity index (χ1) is 14.9. The minimum atomic E-state index is -3.97. The second kappa shape index (κ2) is 8.88. The molecule has 1 amide bonds. The summed E-state index contributed by atoms with van der Waals surface area (Å²) in [5, 5.41) is 5.18. The monoisotopic (exact) mass is 473 g/mol. The second-order valence-corrected chi connectivity index (χ2v) is 9.48. The van der Waals surface area contributed by atoms with E-state index >= 15 is 0 Å². The fourth-order valence-electron chi connectivity index (χ4n) is 2.73. The molecule has 0 saturated carbocycles. The lowest BCUT2D eigenvalue weighted by molar-refractivity contribution is -0.113. The maximum Gasteiger partial charge on any atom is 0.244 e. The molecular weight excluding hydrogens is 458 g/mol. The number of rotatable bonds is 7. The number of hydrogen-bond donors (Lipinski definition) is 3. The van der Waals surface area contributed by atoms with Gasteiger partial charge in [0.25, 0.3) is 0 Å². The number of carbonyl (C=O) groups excluding carboxylic acids is 1. The topological polar surface area (TPSA) is 117 Å². The zero-order valence-corrected chi connectivity index (χ0v) is 18.3. The van der Waals surface area contributed by atoms with Crippen molar-refractivity contribution in [1.82, 2.24) is 15.0 Å². The highest BCUT2D eigenvalue weighted by molar-refractivity contribution is 7.93. The van der Waals surface area contributed by atoms with Crippen LogP contribution in [-0.4, -0.2) is 35.0 Å². The van der Waals surface area contributed by atoms with Gasteiger partial charge in [-0.3, -0.25) is 9.52 Å². The van der Waals surface area contributed by atoms with Crippen molar-refractivity contribution >= 4 is 49.9 Å². The summed E-state index contributed by atoms with van der Waals surface area (Å²) in [6, 6.07) is 16.4. The molecule has 2 aromatic heterocycles. The number of aromatic amines is 1. The lowest BCUT2D eigenvalue weighted by Gasteiger charge is -2.05. The number of imidazole rings is 1. The molecule has 2 heterocycles. The van der Waals surface area contributed by atoms with E-state index in [4.69, 9.17) is 11.6 Å². The van der Waals surface area contributed by atoms with Crippen molar-refractivity contribution in [2.24, 2.45) is 0 Å². The molecule has 0 aliphatic heterocycles. The van der Waals surface area contributed by atoms with Crippen LogP contribution < -0.4 is 10.0 Å². The number of carbonyl (C=O) groups is 1. The molecule has 0 aliphatic carbocycles. The van der Waals surface area contributed by atoms with Crippen LogP contribution in [0.25, 0.3) is 22.5 Å². The summed E-state index contributed by atoms with van der Waals surface area (Å²) in [6.07, 6.45) is 1.51. The Labute approximate surface area is 187 Å². The summed E-state index contributed by atoms with van der Waals surface area (Å²) in [5.74, 6) is -1.45. The number of aromatic nitrogens is 3. The van der Waals surface area contributed by atoms with Gasteiger partial charge < -0.3 is 10.3 Å². The molecule has 0 unspecified atom stereocenters. The number of sulfonamides is 1. The normalized spacial score (nSPS) is 11.3. The standard InChI is InChI=1S/C20H16ClN5O3S2/c21-15-8-6-14(7-9-15)17-11-30-20(24-17)25-18(27)12-31(28,29)26-19-22-10-16(23-19)13-4-2-1-3-5-13/h1-11H,12H2,(H2,22,23,26)(H,24,25,27). The number of halogens is 1. The predicted molar refractivity (Wildman–Crippen MR) is 123 cm³/mol. The van der Waals surface area contributed by atoms with Crippen molar-refractivity contribution in [3.63, 3.8) is 0 Å². The maximum absolute atomic E-state index is 12.3. The lowest BCUT2D eigenvalue weighted by Crippen LogP contribution is -2.27. The molecule has 0 spiro atoms. The average Bonchev–Trinajstić information content (AvgIpc) is 3.38. The molecule has 4 rings (SSSR count). The summed E-state index contributed by atoms with van der Waals surface area (Å²) in [7, 11) is -3.97. The number of nitrogens with one attached hydrogen (secondary N) is 3. The molecule has 158 valence electrons. The Bertz CT molecular complexity index is 1300. The highest BCUT2D eigenvalue weighted by Gasteiger charge is 2.19. The molecule has 3 N–H and O–H groups in total. The highest BCUT2D eigenvalue weighted by Crippen LogP contribution is 2.26. The molecule has 31 heavy (non-hydrogen) atoms. The molecule has 0 fully saturated rings. The third kappa shape index (κ3) is 5.48. The van der Waals surface area contributed by atoms with Gasteiger partial charge in [0.2, 0.25) is 21.9 Å². The van der Waals surface area contributed by atoms with Gasteiger partial charge in [0.15, 0.2) is 5.13 Å². The summed E-state index contributed by atoms with van der Waals surface area (Å²) < 4.78 is 27.0. The first-order valence-electron chi connectivity index (χ1n) is 9.00.